The van der Waals surface area contributed by atoms with E-state index in [-0.39, 0.29) is 12.4 Å². The molecule has 0 saturated carbocycles. The van der Waals surface area contributed by atoms with Gasteiger partial charge in [-0.05, 0) is 49.9 Å². The average Bonchev–Trinajstić information content (AvgIpc) is 2.49. The molecule has 104 valence electrons. The number of nitrogens with zero attached hydrogens (tertiary/aromatic N) is 2. The maximum absolute atomic E-state index is 4.85. The monoisotopic (exact) mass is 279 g/mol. The fourth-order valence-corrected chi connectivity index (χ4v) is 2.76. The van der Waals surface area contributed by atoms with Gasteiger partial charge in [-0.25, -0.2) is 4.98 Å². The highest BCUT2D eigenvalue weighted by molar-refractivity contribution is 5.85. The second-order valence-electron chi connectivity index (χ2n) is 5.11. The van der Waals surface area contributed by atoms with Crippen LogP contribution in [0.1, 0.15) is 31.4 Å². The Morgan fingerprint density at radius 2 is 1.95 bits per heavy atom. The van der Waals surface area contributed by atoms with Crippen LogP contribution in [-0.2, 0) is 0 Å². The lowest BCUT2D eigenvalue weighted by Gasteiger charge is -2.28. The van der Waals surface area contributed by atoms with Crippen molar-refractivity contribution in [1.82, 2.24) is 10.3 Å². The van der Waals surface area contributed by atoms with Gasteiger partial charge in [-0.3, -0.25) is 0 Å². The zero-order valence-electron chi connectivity index (χ0n) is 11.3. The summed E-state index contributed by atoms with van der Waals surface area (Å²) in [6, 6.07) is 6.44. The van der Waals surface area contributed by atoms with Crippen molar-refractivity contribution in [2.45, 2.75) is 25.7 Å². The topological polar surface area (TPSA) is 28.2 Å². The first kappa shape index (κ1) is 14.4. The second-order valence-corrected chi connectivity index (χ2v) is 5.11. The molecule has 0 spiro atoms. The summed E-state index contributed by atoms with van der Waals surface area (Å²) < 4.78 is 0. The van der Waals surface area contributed by atoms with E-state index >= 15 is 0 Å². The molecule has 0 bridgehead atoms. The summed E-state index contributed by atoms with van der Waals surface area (Å²) in [7, 11) is 0. The Hall–Kier alpha value is -1.06. The molecule has 3 heterocycles. The van der Waals surface area contributed by atoms with Crippen LogP contribution in [0.3, 0.4) is 0 Å². The maximum Gasteiger partial charge on any atom is 0.129 e. The van der Waals surface area contributed by atoms with Gasteiger partial charge in [0, 0.05) is 19.6 Å². The fourth-order valence-electron chi connectivity index (χ4n) is 2.76. The van der Waals surface area contributed by atoms with Crippen LogP contribution in [0.25, 0.3) is 5.57 Å². The van der Waals surface area contributed by atoms with Gasteiger partial charge in [-0.15, -0.1) is 12.4 Å². The van der Waals surface area contributed by atoms with Crippen molar-refractivity contribution < 1.29 is 0 Å². The molecule has 0 unspecified atom stereocenters. The second kappa shape index (κ2) is 6.92. The molecule has 2 aliphatic rings. The summed E-state index contributed by atoms with van der Waals surface area (Å²) in [4.78, 5) is 7.28. The lowest BCUT2D eigenvalue weighted by molar-refractivity contribution is 0.573. The van der Waals surface area contributed by atoms with E-state index in [0.29, 0.717) is 0 Å². The molecule has 1 saturated heterocycles. The first-order valence-electron chi connectivity index (χ1n) is 7.05. The molecule has 1 aromatic heterocycles. The lowest BCUT2D eigenvalue weighted by Crippen LogP contribution is -2.30. The molecule has 3 rings (SSSR count). The quantitative estimate of drug-likeness (QED) is 0.902. The van der Waals surface area contributed by atoms with Crippen LogP contribution in [-0.4, -0.2) is 31.2 Å². The van der Waals surface area contributed by atoms with Crippen molar-refractivity contribution >= 4 is 23.8 Å². The third-order valence-corrected chi connectivity index (χ3v) is 3.81. The molecule has 1 aromatic rings. The molecule has 0 aromatic carbocycles. The van der Waals surface area contributed by atoms with Gasteiger partial charge >= 0.3 is 0 Å². The number of hydrogen-bond donors (Lipinski definition) is 1. The standard InChI is InChI=1S/C15H21N3.ClH/c1-2-11-18(12-3-1)15-6-4-5-14(17-15)13-7-9-16-10-8-13;/h4-7,16H,1-3,8-12H2;1H. The van der Waals surface area contributed by atoms with Crippen LogP contribution in [0, 0.1) is 0 Å². The van der Waals surface area contributed by atoms with E-state index in [9.17, 15) is 0 Å². The summed E-state index contributed by atoms with van der Waals surface area (Å²) in [5.41, 5.74) is 2.56. The number of anilines is 1. The van der Waals surface area contributed by atoms with Crippen LogP contribution in [0.5, 0.6) is 0 Å². The van der Waals surface area contributed by atoms with Crippen molar-refractivity contribution in [3.63, 3.8) is 0 Å². The largest absolute Gasteiger partial charge is 0.357 e. The minimum absolute atomic E-state index is 0. The zero-order chi connectivity index (χ0) is 12.2. The van der Waals surface area contributed by atoms with Crippen LogP contribution < -0.4 is 10.2 Å². The van der Waals surface area contributed by atoms with Gasteiger partial charge in [0.1, 0.15) is 5.82 Å². The highest BCUT2D eigenvalue weighted by Crippen LogP contribution is 2.22. The lowest BCUT2D eigenvalue weighted by atomic mass is 10.1. The Bertz CT molecular complexity index is 439. The van der Waals surface area contributed by atoms with Crippen LogP contribution in [0.2, 0.25) is 0 Å². The number of pyridine rings is 1. The summed E-state index contributed by atoms with van der Waals surface area (Å²) in [5, 5.41) is 3.35. The van der Waals surface area contributed by atoms with E-state index in [1.54, 1.807) is 0 Å². The summed E-state index contributed by atoms with van der Waals surface area (Å²) in [6.45, 7) is 4.38. The van der Waals surface area contributed by atoms with Gasteiger partial charge in [0.05, 0.1) is 5.69 Å². The van der Waals surface area contributed by atoms with Gasteiger partial charge in [0.2, 0.25) is 0 Å². The number of nitrogens with one attached hydrogen (secondary N) is 1. The molecule has 0 amide bonds. The van der Waals surface area contributed by atoms with Gasteiger partial charge < -0.3 is 10.2 Å². The van der Waals surface area contributed by atoms with Gasteiger partial charge in [0.15, 0.2) is 0 Å². The summed E-state index contributed by atoms with van der Waals surface area (Å²) in [5.74, 6) is 1.16. The summed E-state index contributed by atoms with van der Waals surface area (Å²) >= 11 is 0. The first-order valence-corrected chi connectivity index (χ1v) is 7.05. The Labute approximate surface area is 121 Å². The average molecular weight is 280 g/mol. The van der Waals surface area contributed by atoms with E-state index < -0.39 is 0 Å². The smallest absolute Gasteiger partial charge is 0.129 e. The third-order valence-electron chi connectivity index (χ3n) is 3.81. The van der Waals surface area contributed by atoms with Crippen molar-refractivity contribution in [2.75, 3.05) is 31.1 Å². The van der Waals surface area contributed by atoms with Crippen molar-refractivity contribution in [3.8, 4) is 0 Å². The van der Waals surface area contributed by atoms with Gasteiger partial charge in [-0.2, -0.15) is 0 Å². The summed E-state index contributed by atoms with van der Waals surface area (Å²) in [6.07, 6.45) is 7.34. The minimum Gasteiger partial charge on any atom is -0.357 e. The third kappa shape index (κ3) is 3.48. The van der Waals surface area contributed by atoms with Crippen LogP contribution in [0.4, 0.5) is 5.82 Å². The minimum atomic E-state index is 0. The van der Waals surface area contributed by atoms with Crippen molar-refractivity contribution in [2.24, 2.45) is 0 Å². The highest BCUT2D eigenvalue weighted by Gasteiger charge is 2.13. The van der Waals surface area contributed by atoms with Crippen molar-refractivity contribution in [3.05, 3.63) is 30.0 Å². The number of piperidine rings is 1. The number of hydrogen-bond acceptors (Lipinski definition) is 3. The van der Waals surface area contributed by atoms with Crippen molar-refractivity contribution in [1.29, 1.82) is 0 Å². The number of halogens is 1. The van der Waals surface area contributed by atoms with Crippen LogP contribution >= 0.6 is 12.4 Å². The molecule has 1 N–H and O–H groups in total. The Morgan fingerprint density at radius 3 is 2.68 bits per heavy atom. The van der Waals surface area contributed by atoms with E-state index in [1.807, 2.05) is 0 Å². The van der Waals surface area contributed by atoms with E-state index in [4.69, 9.17) is 4.98 Å². The Morgan fingerprint density at radius 1 is 1.11 bits per heavy atom. The van der Waals surface area contributed by atoms with Gasteiger partial charge in [0.25, 0.3) is 0 Å². The zero-order valence-corrected chi connectivity index (χ0v) is 12.1. The molecule has 3 nitrogen and oxygen atoms in total. The molecule has 0 radical (unpaired) electrons. The predicted octanol–water partition coefficient (Wildman–Crippen LogP) is 2.87. The Balaban J connectivity index is 0.00000133. The molecular formula is C15H22ClN3. The van der Waals surface area contributed by atoms with E-state index in [0.717, 1.165) is 38.4 Å². The van der Waals surface area contributed by atoms with E-state index in [1.165, 1.54) is 30.5 Å². The molecule has 19 heavy (non-hydrogen) atoms. The van der Waals surface area contributed by atoms with Crippen LogP contribution in [0.15, 0.2) is 24.3 Å². The first-order chi connectivity index (χ1) is 8.93. The number of aromatic nitrogens is 1. The molecular weight excluding hydrogens is 258 g/mol. The molecule has 0 atom stereocenters. The maximum atomic E-state index is 4.85. The van der Waals surface area contributed by atoms with E-state index in [2.05, 4.69) is 34.5 Å². The normalized spacial score (nSPS) is 19.6. The number of rotatable bonds is 2. The Kier molecular flexibility index (Phi) is 5.23. The molecule has 0 aliphatic carbocycles. The molecule has 2 aliphatic heterocycles. The SMILES string of the molecule is C1=C(c2cccc(N3CCCCC3)n2)CCNC1.Cl. The van der Waals surface area contributed by atoms with Gasteiger partial charge in [-0.1, -0.05) is 12.1 Å². The molecule has 4 heteroatoms. The predicted molar refractivity (Wildman–Crippen MR) is 83.0 cm³/mol. The highest BCUT2D eigenvalue weighted by atomic mass is 35.5. The fraction of sp³-hybridized carbons (Fsp3) is 0.533. The molecule has 1 fully saturated rings.